The van der Waals surface area contributed by atoms with Gasteiger partial charge >= 0.3 is 0 Å². The molecule has 0 aromatic carbocycles. The molecular weight excluding hydrogens is 280 g/mol. The van der Waals surface area contributed by atoms with E-state index in [1.807, 2.05) is 0 Å². The molecule has 0 radical (unpaired) electrons. The first-order valence-corrected chi connectivity index (χ1v) is 6.38. The van der Waals surface area contributed by atoms with Gasteiger partial charge in [0.05, 0.1) is 5.56 Å². The van der Waals surface area contributed by atoms with Crippen LogP contribution < -0.4 is 16.8 Å². The Balaban J connectivity index is 0.00000200. The standard InChI is InChI=1S/C13H18N4O2.ClH/c14-6-8-2-1-3-10(8)17-13(19)11-5-4-9(7-16-11)12(15)18;/h4-5,7-8,10H,1-3,6,14H2,(H2,15,18)(H,17,19);1H. The molecule has 1 aromatic heterocycles. The number of nitrogens with two attached hydrogens (primary N) is 2. The zero-order chi connectivity index (χ0) is 13.8. The van der Waals surface area contributed by atoms with E-state index in [0.29, 0.717) is 12.5 Å². The molecular formula is C13H19ClN4O2. The van der Waals surface area contributed by atoms with E-state index in [2.05, 4.69) is 10.3 Å². The van der Waals surface area contributed by atoms with E-state index in [1.165, 1.54) is 18.3 Å². The summed E-state index contributed by atoms with van der Waals surface area (Å²) < 4.78 is 0. The van der Waals surface area contributed by atoms with Crippen molar-refractivity contribution in [2.75, 3.05) is 6.54 Å². The van der Waals surface area contributed by atoms with E-state index < -0.39 is 5.91 Å². The van der Waals surface area contributed by atoms with Gasteiger partial charge in [-0.15, -0.1) is 12.4 Å². The molecule has 1 aromatic rings. The summed E-state index contributed by atoms with van der Waals surface area (Å²) in [5, 5.41) is 2.95. The third-order valence-electron chi connectivity index (χ3n) is 3.56. The third-order valence-corrected chi connectivity index (χ3v) is 3.56. The van der Waals surface area contributed by atoms with Crippen LogP contribution in [0.4, 0.5) is 0 Å². The molecule has 1 saturated carbocycles. The fourth-order valence-corrected chi connectivity index (χ4v) is 2.43. The number of rotatable bonds is 4. The van der Waals surface area contributed by atoms with Gasteiger partial charge in [-0.05, 0) is 37.4 Å². The van der Waals surface area contributed by atoms with Crippen LogP contribution in [-0.4, -0.2) is 29.4 Å². The van der Waals surface area contributed by atoms with Crippen molar-refractivity contribution >= 4 is 24.2 Å². The Morgan fingerprint density at radius 3 is 2.65 bits per heavy atom. The summed E-state index contributed by atoms with van der Waals surface area (Å²) in [6.45, 7) is 0.582. The van der Waals surface area contributed by atoms with E-state index in [-0.39, 0.29) is 35.6 Å². The number of hydrogen-bond acceptors (Lipinski definition) is 4. The highest BCUT2D eigenvalue weighted by Gasteiger charge is 2.27. The van der Waals surface area contributed by atoms with Gasteiger partial charge in [-0.25, -0.2) is 0 Å². The smallest absolute Gasteiger partial charge is 0.270 e. The lowest BCUT2D eigenvalue weighted by Crippen LogP contribution is -2.40. The molecule has 2 unspecified atom stereocenters. The average molecular weight is 299 g/mol. The summed E-state index contributed by atoms with van der Waals surface area (Å²) in [4.78, 5) is 26.9. The highest BCUT2D eigenvalue weighted by Crippen LogP contribution is 2.24. The topological polar surface area (TPSA) is 111 Å². The maximum Gasteiger partial charge on any atom is 0.270 e. The minimum Gasteiger partial charge on any atom is -0.366 e. The average Bonchev–Trinajstić information content (AvgIpc) is 2.86. The van der Waals surface area contributed by atoms with Gasteiger partial charge in [0.2, 0.25) is 5.91 Å². The minimum atomic E-state index is -0.557. The van der Waals surface area contributed by atoms with Crippen LogP contribution in [0.3, 0.4) is 0 Å². The molecule has 20 heavy (non-hydrogen) atoms. The molecule has 0 bridgehead atoms. The van der Waals surface area contributed by atoms with Crippen LogP contribution in [0.15, 0.2) is 18.3 Å². The fraction of sp³-hybridized carbons (Fsp3) is 0.462. The van der Waals surface area contributed by atoms with Crippen LogP contribution >= 0.6 is 12.4 Å². The molecule has 1 heterocycles. The van der Waals surface area contributed by atoms with Gasteiger partial charge in [0, 0.05) is 12.2 Å². The second-order valence-electron chi connectivity index (χ2n) is 4.80. The number of carbonyl (C=O) groups is 2. The van der Waals surface area contributed by atoms with Crippen molar-refractivity contribution in [1.29, 1.82) is 0 Å². The van der Waals surface area contributed by atoms with Crippen LogP contribution in [-0.2, 0) is 0 Å². The summed E-state index contributed by atoms with van der Waals surface area (Å²) >= 11 is 0. The number of halogens is 1. The van der Waals surface area contributed by atoms with E-state index in [0.717, 1.165) is 19.3 Å². The van der Waals surface area contributed by atoms with Gasteiger partial charge in [0.25, 0.3) is 5.91 Å². The normalized spacial score (nSPS) is 21.1. The summed E-state index contributed by atoms with van der Waals surface area (Å²) in [6.07, 6.45) is 4.40. The van der Waals surface area contributed by atoms with E-state index in [4.69, 9.17) is 11.5 Å². The molecule has 0 aliphatic heterocycles. The summed E-state index contributed by atoms with van der Waals surface area (Å²) in [5.41, 5.74) is 11.4. The first kappa shape index (κ1) is 16.4. The predicted octanol–water partition coefficient (Wildman–Crippen LogP) is 0.459. The molecule has 0 saturated heterocycles. The number of nitrogens with zero attached hydrogens (tertiary/aromatic N) is 1. The molecule has 110 valence electrons. The number of carbonyl (C=O) groups excluding carboxylic acids is 2. The maximum atomic E-state index is 12.0. The minimum absolute atomic E-state index is 0. The van der Waals surface area contributed by atoms with Crippen molar-refractivity contribution in [3.63, 3.8) is 0 Å². The number of pyridine rings is 1. The van der Waals surface area contributed by atoms with Gasteiger partial charge in [-0.2, -0.15) is 0 Å². The summed E-state index contributed by atoms with van der Waals surface area (Å²) in [5.74, 6) is -0.450. The van der Waals surface area contributed by atoms with Gasteiger partial charge < -0.3 is 16.8 Å². The number of aromatic nitrogens is 1. The molecule has 1 aliphatic rings. The lowest BCUT2D eigenvalue weighted by atomic mass is 10.0. The molecule has 2 amide bonds. The van der Waals surface area contributed by atoms with Crippen molar-refractivity contribution in [3.8, 4) is 0 Å². The Morgan fingerprint density at radius 2 is 2.10 bits per heavy atom. The lowest BCUT2D eigenvalue weighted by molar-refractivity contribution is 0.0921. The van der Waals surface area contributed by atoms with Gasteiger partial charge in [0.15, 0.2) is 0 Å². The first-order valence-electron chi connectivity index (χ1n) is 6.38. The van der Waals surface area contributed by atoms with Crippen LogP contribution in [0.25, 0.3) is 0 Å². The van der Waals surface area contributed by atoms with Gasteiger partial charge in [0.1, 0.15) is 5.69 Å². The lowest BCUT2D eigenvalue weighted by Gasteiger charge is -2.19. The molecule has 5 N–H and O–H groups in total. The van der Waals surface area contributed by atoms with Crippen molar-refractivity contribution in [2.24, 2.45) is 17.4 Å². The molecule has 1 fully saturated rings. The van der Waals surface area contributed by atoms with Crippen molar-refractivity contribution in [3.05, 3.63) is 29.6 Å². The fourth-order valence-electron chi connectivity index (χ4n) is 2.43. The molecule has 6 nitrogen and oxygen atoms in total. The second kappa shape index (κ2) is 7.21. The zero-order valence-electron chi connectivity index (χ0n) is 11.0. The Bertz CT molecular complexity index is 478. The van der Waals surface area contributed by atoms with Crippen molar-refractivity contribution in [2.45, 2.75) is 25.3 Å². The number of primary amides is 1. The highest BCUT2D eigenvalue weighted by atomic mass is 35.5. The SMILES string of the molecule is Cl.NCC1CCCC1NC(=O)c1ccc(C(N)=O)cn1. The maximum absolute atomic E-state index is 12.0. The molecule has 2 atom stereocenters. The quantitative estimate of drug-likeness (QED) is 0.749. The van der Waals surface area contributed by atoms with Crippen LogP contribution in [0.2, 0.25) is 0 Å². The molecule has 2 rings (SSSR count). The Labute approximate surface area is 123 Å². The largest absolute Gasteiger partial charge is 0.366 e. The monoisotopic (exact) mass is 298 g/mol. The number of hydrogen-bond donors (Lipinski definition) is 3. The third kappa shape index (κ3) is 3.68. The summed E-state index contributed by atoms with van der Waals surface area (Å²) in [7, 11) is 0. The van der Waals surface area contributed by atoms with Gasteiger partial charge in [-0.3, -0.25) is 14.6 Å². The number of amides is 2. The van der Waals surface area contributed by atoms with Gasteiger partial charge in [-0.1, -0.05) is 6.42 Å². The Kier molecular flexibility index (Phi) is 5.91. The van der Waals surface area contributed by atoms with Crippen molar-refractivity contribution < 1.29 is 9.59 Å². The molecule has 1 aliphatic carbocycles. The summed E-state index contributed by atoms with van der Waals surface area (Å²) in [6, 6.07) is 3.12. The first-order chi connectivity index (χ1) is 9.11. The number of nitrogens with one attached hydrogen (secondary N) is 1. The van der Waals surface area contributed by atoms with E-state index in [1.54, 1.807) is 0 Å². The zero-order valence-corrected chi connectivity index (χ0v) is 11.9. The van der Waals surface area contributed by atoms with Crippen LogP contribution in [0, 0.1) is 5.92 Å². The van der Waals surface area contributed by atoms with Crippen molar-refractivity contribution in [1.82, 2.24) is 10.3 Å². The highest BCUT2D eigenvalue weighted by molar-refractivity contribution is 5.95. The predicted molar refractivity (Wildman–Crippen MR) is 77.7 cm³/mol. The Morgan fingerprint density at radius 1 is 1.35 bits per heavy atom. The second-order valence-corrected chi connectivity index (χ2v) is 4.80. The van der Waals surface area contributed by atoms with E-state index in [9.17, 15) is 9.59 Å². The van der Waals surface area contributed by atoms with Crippen LogP contribution in [0.5, 0.6) is 0 Å². The molecule has 0 spiro atoms. The Hall–Kier alpha value is -1.66. The van der Waals surface area contributed by atoms with Crippen LogP contribution in [0.1, 0.15) is 40.1 Å². The van der Waals surface area contributed by atoms with E-state index >= 15 is 0 Å². The molecule has 7 heteroatoms.